The second-order valence-electron chi connectivity index (χ2n) is 3.23. The maximum absolute atomic E-state index is 10.5. The van der Waals surface area contributed by atoms with Gasteiger partial charge in [0.1, 0.15) is 0 Å². The Morgan fingerprint density at radius 1 is 1.27 bits per heavy atom. The fraction of sp³-hybridized carbons (Fsp3) is 0.167. The zero-order valence-corrected chi connectivity index (χ0v) is 8.90. The van der Waals surface area contributed by atoms with Crippen molar-refractivity contribution in [2.75, 3.05) is 0 Å². The smallest absolute Gasteiger partial charge is 0.236 e. The molecule has 0 aromatic heterocycles. The van der Waals surface area contributed by atoms with Crippen LogP contribution in [0.5, 0.6) is 0 Å². The van der Waals surface area contributed by atoms with Crippen LogP contribution in [0.3, 0.4) is 0 Å². The molecule has 0 radical (unpaired) electrons. The number of carbonyl (C=O) groups excluding carboxylic acids is 1. The third-order valence-electron chi connectivity index (χ3n) is 1.68. The number of hydrogen-bond acceptors (Lipinski definition) is 2. The fourth-order valence-corrected chi connectivity index (χ4v) is 1.07. The van der Waals surface area contributed by atoms with E-state index in [1.54, 1.807) is 6.21 Å². The van der Waals surface area contributed by atoms with Gasteiger partial charge >= 0.3 is 0 Å². The predicted octanol–water partition coefficient (Wildman–Crippen LogP) is 2.21. The number of carbonyl (C=O) groups is 1. The van der Waals surface area contributed by atoms with Crippen molar-refractivity contribution in [1.29, 1.82) is 0 Å². The molecular weight excluding hydrogens is 188 g/mol. The van der Waals surface area contributed by atoms with Gasteiger partial charge in [0.2, 0.25) is 5.91 Å². The molecule has 0 unspecified atom stereocenters. The number of nitrogens with one attached hydrogen (secondary N) is 1. The number of nitrogens with zero attached hydrogens (tertiary/aromatic N) is 1. The summed E-state index contributed by atoms with van der Waals surface area (Å²) in [6.45, 7) is 3.35. The molecule has 78 valence electrons. The highest BCUT2D eigenvalue weighted by Crippen LogP contribution is 2.04. The maximum Gasteiger partial charge on any atom is 0.236 e. The van der Waals surface area contributed by atoms with E-state index in [4.69, 9.17) is 0 Å². The first-order chi connectivity index (χ1) is 7.18. The van der Waals surface area contributed by atoms with Crippen LogP contribution in [0.15, 0.2) is 41.0 Å². The van der Waals surface area contributed by atoms with Gasteiger partial charge in [-0.1, -0.05) is 36.4 Å². The van der Waals surface area contributed by atoms with Crippen LogP contribution in [0.1, 0.15) is 19.4 Å². The molecular formula is C12H14N2O. The molecule has 1 N–H and O–H groups in total. The molecule has 0 bridgehead atoms. The number of allylic oxidation sites excluding steroid dienone is 1. The first kappa shape index (κ1) is 11.2. The van der Waals surface area contributed by atoms with E-state index >= 15 is 0 Å². The molecule has 0 aliphatic rings. The van der Waals surface area contributed by atoms with Crippen molar-refractivity contribution in [2.45, 2.75) is 13.8 Å². The van der Waals surface area contributed by atoms with Crippen LogP contribution in [0.2, 0.25) is 0 Å². The number of rotatable bonds is 3. The van der Waals surface area contributed by atoms with E-state index < -0.39 is 0 Å². The van der Waals surface area contributed by atoms with Crippen LogP contribution in [0, 0.1) is 0 Å². The van der Waals surface area contributed by atoms with E-state index in [0.717, 1.165) is 11.1 Å². The normalized spacial score (nSPS) is 11.7. The molecule has 0 spiro atoms. The van der Waals surface area contributed by atoms with E-state index in [9.17, 15) is 4.79 Å². The van der Waals surface area contributed by atoms with Crippen LogP contribution >= 0.6 is 0 Å². The second kappa shape index (κ2) is 5.75. The van der Waals surface area contributed by atoms with E-state index in [-0.39, 0.29) is 5.91 Å². The van der Waals surface area contributed by atoms with E-state index in [2.05, 4.69) is 10.5 Å². The Hall–Kier alpha value is -1.90. The van der Waals surface area contributed by atoms with Crippen molar-refractivity contribution in [3.05, 3.63) is 41.5 Å². The lowest BCUT2D eigenvalue weighted by Gasteiger charge is -1.94. The highest BCUT2D eigenvalue weighted by Gasteiger charge is 1.87. The van der Waals surface area contributed by atoms with Crippen molar-refractivity contribution in [3.8, 4) is 0 Å². The molecule has 1 aromatic rings. The van der Waals surface area contributed by atoms with Crippen molar-refractivity contribution in [2.24, 2.45) is 5.10 Å². The standard InChI is InChI=1S/C12H14N2O/c1-10(9-13-14-11(2)15)8-12-6-4-3-5-7-12/h3-9H,1-2H3,(H,14,15)/b10-8+,13-9+. The molecule has 1 amide bonds. The van der Waals surface area contributed by atoms with Crippen LogP contribution in [0.4, 0.5) is 0 Å². The molecule has 0 heterocycles. The summed E-state index contributed by atoms with van der Waals surface area (Å²) in [5.41, 5.74) is 4.45. The molecule has 3 nitrogen and oxygen atoms in total. The van der Waals surface area contributed by atoms with E-state index in [1.165, 1.54) is 6.92 Å². The molecule has 1 rings (SSSR count). The first-order valence-electron chi connectivity index (χ1n) is 4.71. The Bertz CT molecular complexity index is 380. The summed E-state index contributed by atoms with van der Waals surface area (Å²) in [6.07, 6.45) is 3.61. The van der Waals surface area contributed by atoms with Crippen LogP contribution in [-0.2, 0) is 4.79 Å². The molecule has 1 aromatic carbocycles. The summed E-state index contributed by atoms with van der Waals surface area (Å²) in [6, 6.07) is 9.94. The van der Waals surface area contributed by atoms with E-state index in [1.807, 2.05) is 43.3 Å². The van der Waals surface area contributed by atoms with Crippen LogP contribution < -0.4 is 5.43 Å². The fourth-order valence-electron chi connectivity index (χ4n) is 1.07. The quantitative estimate of drug-likeness (QED) is 0.592. The summed E-state index contributed by atoms with van der Waals surface area (Å²) in [5.74, 6) is -0.168. The van der Waals surface area contributed by atoms with Crippen LogP contribution in [0.25, 0.3) is 6.08 Å². The predicted molar refractivity (Wildman–Crippen MR) is 62.4 cm³/mol. The monoisotopic (exact) mass is 202 g/mol. The third kappa shape index (κ3) is 4.76. The molecule has 0 aliphatic carbocycles. The number of benzene rings is 1. The average molecular weight is 202 g/mol. The maximum atomic E-state index is 10.5. The molecule has 3 heteroatoms. The van der Waals surface area contributed by atoms with Gasteiger partial charge in [-0.2, -0.15) is 5.10 Å². The zero-order chi connectivity index (χ0) is 11.1. The largest absolute Gasteiger partial charge is 0.274 e. The van der Waals surface area contributed by atoms with Crippen molar-refractivity contribution >= 4 is 18.2 Å². The van der Waals surface area contributed by atoms with Crippen LogP contribution in [-0.4, -0.2) is 12.1 Å². The minimum Gasteiger partial charge on any atom is -0.274 e. The third-order valence-corrected chi connectivity index (χ3v) is 1.68. The van der Waals surface area contributed by atoms with Gasteiger partial charge in [0.25, 0.3) is 0 Å². The van der Waals surface area contributed by atoms with Gasteiger partial charge in [0, 0.05) is 6.92 Å². The summed E-state index contributed by atoms with van der Waals surface area (Å²) in [4.78, 5) is 10.5. The average Bonchev–Trinajstić information content (AvgIpc) is 2.18. The Kier molecular flexibility index (Phi) is 4.29. The molecule has 0 fully saturated rings. The highest BCUT2D eigenvalue weighted by atomic mass is 16.2. The minimum absolute atomic E-state index is 0.168. The number of amides is 1. The van der Waals surface area contributed by atoms with Gasteiger partial charge in [0.05, 0.1) is 6.21 Å². The first-order valence-corrected chi connectivity index (χ1v) is 4.71. The van der Waals surface area contributed by atoms with Crippen molar-refractivity contribution in [3.63, 3.8) is 0 Å². The summed E-state index contributed by atoms with van der Waals surface area (Å²) < 4.78 is 0. The summed E-state index contributed by atoms with van der Waals surface area (Å²) >= 11 is 0. The second-order valence-corrected chi connectivity index (χ2v) is 3.23. The lowest BCUT2D eigenvalue weighted by atomic mass is 10.1. The van der Waals surface area contributed by atoms with Crippen molar-refractivity contribution < 1.29 is 4.79 Å². The van der Waals surface area contributed by atoms with Gasteiger partial charge < -0.3 is 0 Å². The van der Waals surface area contributed by atoms with E-state index in [0.29, 0.717) is 0 Å². The lowest BCUT2D eigenvalue weighted by molar-refractivity contribution is -0.118. The number of hydrazone groups is 1. The molecule has 15 heavy (non-hydrogen) atoms. The number of hydrogen-bond donors (Lipinski definition) is 1. The summed E-state index contributed by atoms with van der Waals surface area (Å²) in [5, 5.41) is 3.77. The molecule has 0 saturated carbocycles. The molecule has 0 saturated heterocycles. The van der Waals surface area contributed by atoms with Gasteiger partial charge in [-0.05, 0) is 18.1 Å². The topological polar surface area (TPSA) is 41.5 Å². The Balaban J connectivity index is 2.61. The molecule has 0 atom stereocenters. The van der Waals surface area contributed by atoms with Gasteiger partial charge in [0.15, 0.2) is 0 Å². The zero-order valence-electron chi connectivity index (χ0n) is 8.90. The lowest BCUT2D eigenvalue weighted by Crippen LogP contribution is -2.12. The molecule has 0 aliphatic heterocycles. The van der Waals surface area contributed by atoms with Crippen molar-refractivity contribution in [1.82, 2.24) is 5.43 Å². The minimum atomic E-state index is -0.168. The Labute approximate surface area is 89.5 Å². The highest BCUT2D eigenvalue weighted by molar-refractivity contribution is 5.85. The Morgan fingerprint density at radius 3 is 2.53 bits per heavy atom. The summed E-state index contributed by atoms with van der Waals surface area (Å²) in [7, 11) is 0. The Morgan fingerprint density at radius 2 is 1.93 bits per heavy atom. The SMILES string of the molecule is CC(=O)N/N=C/C(C)=C/c1ccccc1. The van der Waals surface area contributed by atoms with Gasteiger partial charge in [-0.25, -0.2) is 5.43 Å². The van der Waals surface area contributed by atoms with Gasteiger partial charge in [-0.15, -0.1) is 0 Å². The van der Waals surface area contributed by atoms with Gasteiger partial charge in [-0.3, -0.25) is 4.79 Å².